The summed E-state index contributed by atoms with van der Waals surface area (Å²) in [5, 5.41) is 6.79. The van der Waals surface area contributed by atoms with Crippen LogP contribution in [0, 0.1) is 6.92 Å². The van der Waals surface area contributed by atoms with E-state index < -0.39 is 0 Å². The molecule has 19 heavy (non-hydrogen) atoms. The lowest BCUT2D eigenvalue weighted by atomic mass is 9.93. The van der Waals surface area contributed by atoms with Gasteiger partial charge < -0.3 is 5.32 Å². The largest absolute Gasteiger partial charge is 0.316 e. The van der Waals surface area contributed by atoms with Gasteiger partial charge in [-0.3, -0.25) is 4.98 Å². The highest BCUT2D eigenvalue weighted by Crippen LogP contribution is 2.34. The zero-order valence-electron chi connectivity index (χ0n) is 11.4. The Kier molecular flexibility index (Phi) is 3.62. The third kappa shape index (κ3) is 2.55. The number of hydrogen-bond acceptors (Lipinski definition) is 4. The number of rotatable bonds is 4. The Morgan fingerprint density at radius 2 is 2.42 bits per heavy atom. The maximum atomic E-state index is 4.60. The molecule has 1 aliphatic carbocycles. The van der Waals surface area contributed by atoms with E-state index >= 15 is 0 Å². The molecule has 0 saturated carbocycles. The lowest BCUT2D eigenvalue weighted by Gasteiger charge is -2.22. The molecule has 4 heteroatoms. The third-order valence-corrected chi connectivity index (χ3v) is 4.78. The van der Waals surface area contributed by atoms with Crippen molar-refractivity contribution in [1.82, 2.24) is 15.3 Å². The second-order valence-corrected chi connectivity index (χ2v) is 6.21. The monoisotopic (exact) mass is 273 g/mol. The topological polar surface area (TPSA) is 37.8 Å². The molecule has 1 aliphatic rings. The van der Waals surface area contributed by atoms with Crippen LogP contribution in [-0.2, 0) is 12.8 Å². The summed E-state index contributed by atoms with van der Waals surface area (Å²) >= 11 is 1.73. The first-order valence-corrected chi connectivity index (χ1v) is 7.68. The quantitative estimate of drug-likeness (QED) is 0.930. The Hall–Kier alpha value is -1.26. The molecular formula is C15H19N3S. The van der Waals surface area contributed by atoms with E-state index in [1.807, 2.05) is 19.3 Å². The highest BCUT2D eigenvalue weighted by atomic mass is 32.1. The van der Waals surface area contributed by atoms with Gasteiger partial charge in [-0.05, 0) is 38.4 Å². The molecule has 0 aliphatic heterocycles. The van der Waals surface area contributed by atoms with Crippen LogP contribution in [0.4, 0.5) is 0 Å². The molecular weight excluding hydrogens is 254 g/mol. The molecule has 0 fully saturated rings. The fourth-order valence-electron chi connectivity index (χ4n) is 3.01. The van der Waals surface area contributed by atoms with Gasteiger partial charge in [0.25, 0.3) is 0 Å². The number of fused-ring (bicyclic) bond motifs is 1. The molecule has 2 heterocycles. The van der Waals surface area contributed by atoms with Crippen LogP contribution in [0.5, 0.6) is 0 Å². The minimum absolute atomic E-state index is 0.428. The van der Waals surface area contributed by atoms with Crippen molar-refractivity contribution < 1.29 is 0 Å². The molecule has 2 unspecified atom stereocenters. The van der Waals surface area contributed by atoms with E-state index in [0.717, 1.165) is 17.8 Å². The molecule has 1 N–H and O–H groups in total. The standard InChI is InChI=1S/C15H19N3S/c1-10-18-12(9-19-10)8-14(16-2)13-6-5-11-4-3-7-17-15(11)13/h3-4,7,9,13-14,16H,5-6,8H2,1-2H3. The summed E-state index contributed by atoms with van der Waals surface area (Å²) < 4.78 is 0. The Balaban J connectivity index is 1.80. The van der Waals surface area contributed by atoms with Crippen LogP contribution in [0.2, 0.25) is 0 Å². The lowest BCUT2D eigenvalue weighted by molar-refractivity contribution is 0.447. The normalized spacial score (nSPS) is 19.4. The number of hydrogen-bond donors (Lipinski definition) is 1. The van der Waals surface area contributed by atoms with Crippen LogP contribution in [0.25, 0.3) is 0 Å². The number of likely N-dealkylation sites (N-methyl/N-ethyl adjacent to an activating group) is 1. The summed E-state index contributed by atoms with van der Waals surface area (Å²) in [4.78, 5) is 9.18. The number of nitrogens with one attached hydrogen (secondary N) is 1. The molecule has 0 saturated heterocycles. The number of nitrogens with zero attached hydrogens (tertiary/aromatic N) is 2. The van der Waals surface area contributed by atoms with Crippen LogP contribution in [0.3, 0.4) is 0 Å². The number of thiazole rings is 1. The molecule has 0 amide bonds. The van der Waals surface area contributed by atoms with Gasteiger partial charge in [0.15, 0.2) is 0 Å². The average molecular weight is 273 g/mol. The number of pyridine rings is 1. The van der Waals surface area contributed by atoms with Crippen LogP contribution in [-0.4, -0.2) is 23.1 Å². The summed E-state index contributed by atoms with van der Waals surface area (Å²) in [6.07, 6.45) is 5.25. The van der Waals surface area contributed by atoms with Crippen molar-refractivity contribution in [3.63, 3.8) is 0 Å². The predicted molar refractivity (Wildman–Crippen MR) is 78.7 cm³/mol. The molecule has 3 rings (SSSR count). The van der Waals surface area contributed by atoms with Gasteiger partial charge in [-0.2, -0.15) is 0 Å². The van der Waals surface area contributed by atoms with Gasteiger partial charge in [0.1, 0.15) is 0 Å². The molecule has 2 atom stereocenters. The van der Waals surface area contributed by atoms with Crippen molar-refractivity contribution in [3.05, 3.63) is 45.7 Å². The minimum atomic E-state index is 0.428. The lowest BCUT2D eigenvalue weighted by Crippen LogP contribution is -2.33. The molecule has 0 bridgehead atoms. The highest BCUT2D eigenvalue weighted by Gasteiger charge is 2.30. The molecule has 3 nitrogen and oxygen atoms in total. The van der Waals surface area contributed by atoms with Gasteiger partial charge >= 0.3 is 0 Å². The smallest absolute Gasteiger partial charge is 0.0897 e. The van der Waals surface area contributed by atoms with Crippen LogP contribution < -0.4 is 5.32 Å². The molecule has 0 aromatic carbocycles. The molecule has 0 radical (unpaired) electrons. The fraction of sp³-hybridized carbons (Fsp3) is 0.467. The van der Waals surface area contributed by atoms with Gasteiger partial charge in [-0.25, -0.2) is 4.98 Å². The van der Waals surface area contributed by atoms with Gasteiger partial charge in [0.2, 0.25) is 0 Å². The second-order valence-electron chi connectivity index (χ2n) is 5.15. The molecule has 100 valence electrons. The zero-order chi connectivity index (χ0) is 13.2. The SMILES string of the molecule is CNC(Cc1csc(C)n1)C1CCc2cccnc21. The first-order chi connectivity index (χ1) is 9.28. The number of aromatic nitrogens is 2. The minimum Gasteiger partial charge on any atom is -0.316 e. The van der Waals surface area contributed by atoms with Crippen molar-refractivity contribution in [2.45, 2.75) is 38.1 Å². The van der Waals surface area contributed by atoms with Crippen LogP contribution >= 0.6 is 11.3 Å². The first kappa shape index (κ1) is 12.8. The van der Waals surface area contributed by atoms with Gasteiger partial charge in [-0.15, -0.1) is 11.3 Å². The highest BCUT2D eigenvalue weighted by molar-refractivity contribution is 7.09. The zero-order valence-corrected chi connectivity index (χ0v) is 12.2. The summed E-state index contributed by atoms with van der Waals surface area (Å²) in [5.41, 5.74) is 3.90. The maximum absolute atomic E-state index is 4.60. The average Bonchev–Trinajstić information content (AvgIpc) is 3.02. The van der Waals surface area contributed by atoms with E-state index in [1.54, 1.807) is 11.3 Å². The molecule has 2 aromatic rings. The Morgan fingerprint density at radius 1 is 1.53 bits per heavy atom. The van der Waals surface area contributed by atoms with Crippen molar-refractivity contribution in [1.29, 1.82) is 0 Å². The Morgan fingerprint density at radius 3 is 3.16 bits per heavy atom. The Bertz CT molecular complexity index is 564. The van der Waals surface area contributed by atoms with Gasteiger partial charge in [0.05, 0.1) is 10.7 Å². The van der Waals surface area contributed by atoms with E-state index in [1.165, 1.54) is 23.4 Å². The maximum Gasteiger partial charge on any atom is 0.0897 e. The summed E-state index contributed by atoms with van der Waals surface area (Å²) in [6, 6.07) is 4.68. The second kappa shape index (κ2) is 5.39. The van der Waals surface area contributed by atoms with E-state index in [2.05, 4.69) is 33.7 Å². The Labute approximate surface area is 118 Å². The van der Waals surface area contributed by atoms with Crippen LogP contribution in [0.1, 0.15) is 34.3 Å². The van der Waals surface area contributed by atoms with Gasteiger partial charge in [0, 0.05) is 35.7 Å². The van der Waals surface area contributed by atoms with E-state index in [4.69, 9.17) is 0 Å². The fourth-order valence-corrected chi connectivity index (χ4v) is 3.63. The van der Waals surface area contributed by atoms with E-state index in [0.29, 0.717) is 12.0 Å². The predicted octanol–water partition coefficient (Wildman–Crippen LogP) is 2.71. The summed E-state index contributed by atoms with van der Waals surface area (Å²) in [7, 11) is 2.05. The summed E-state index contributed by atoms with van der Waals surface area (Å²) in [5.74, 6) is 0.517. The number of aryl methyl sites for hydroxylation is 2. The van der Waals surface area contributed by atoms with Crippen molar-refractivity contribution >= 4 is 11.3 Å². The van der Waals surface area contributed by atoms with E-state index in [9.17, 15) is 0 Å². The van der Waals surface area contributed by atoms with Crippen molar-refractivity contribution in [3.8, 4) is 0 Å². The first-order valence-electron chi connectivity index (χ1n) is 6.80. The van der Waals surface area contributed by atoms with Crippen molar-refractivity contribution in [2.24, 2.45) is 0 Å². The molecule has 2 aromatic heterocycles. The van der Waals surface area contributed by atoms with Gasteiger partial charge in [-0.1, -0.05) is 6.07 Å². The third-order valence-electron chi connectivity index (χ3n) is 3.95. The summed E-state index contributed by atoms with van der Waals surface area (Å²) in [6.45, 7) is 2.06. The van der Waals surface area contributed by atoms with Crippen molar-refractivity contribution in [2.75, 3.05) is 7.05 Å². The van der Waals surface area contributed by atoms with E-state index in [-0.39, 0.29) is 0 Å². The molecule has 0 spiro atoms. The van der Waals surface area contributed by atoms with Crippen LogP contribution in [0.15, 0.2) is 23.7 Å².